The van der Waals surface area contributed by atoms with Crippen LogP contribution in [0.2, 0.25) is 0 Å². The van der Waals surface area contributed by atoms with Crippen LogP contribution in [0.1, 0.15) is 8.35 Å². The summed E-state index contributed by atoms with van der Waals surface area (Å²) in [6.45, 7) is 0.845. The van der Waals surface area contributed by atoms with E-state index in [0.717, 1.165) is 6.92 Å². The molecule has 0 aromatic carbocycles. The van der Waals surface area contributed by atoms with Gasteiger partial charge in [0.2, 0.25) is 0 Å². The summed E-state index contributed by atoms with van der Waals surface area (Å²) in [6, 6.07) is 0. The van der Waals surface area contributed by atoms with Crippen molar-refractivity contribution in [2.45, 2.75) is 12.7 Å². The molecule has 4 nitrogen and oxygen atoms in total. The maximum Gasteiger partial charge on any atom is 1.00 e. The molecule has 0 radical (unpaired) electrons. The van der Waals surface area contributed by atoms with E-state index in [9.17, 15) is 4.79 Å². The third-order valence-electron chi connectivity index (χ3n) is 0.457. The first-order valence-electron chi connectivity index (χ1n) is 1.76. The van der Waals surface area contributed by atoms with E-state index >= 15 is 0 Å². The first-order valence-corrected chi connectivity index (χ1v) is 2.07. The van der Waals surface area contributed by atoms with Gasteiger partial charge in [-0.2, -0.15) is 0 Å². The van der Waals surface area contributed by atoms with Crippen LogP contribution in [0.25, 0.3) is 0 Å². The number of aliphatic hydroxyl groups is 2. The number of carbonyl (C=O) groups excluding carboxylic acids is 1. The molecule has 0 aromatic rings. The Labute approximate surface area is 80.7 Å². The zero-order valence-corrected chi connectivity index (χ0v) is 7.84. The number of halogens is 1. The Bertz CT molecular complexity index is 103. The third-order valence-corrected chi connectivity index (χ3v) is 0.597. The van der Waals surface area contributed by atoms with Crippen molar-refractivity contribution < 1.29 is 50.3 Å². The van der Waals surface area contributed by atoms with Crippen molar-refractivity contribution in [2.75, 3.05) is 0 Å². The maximum atomic E-state index is 9.98. The molecular weight excluding hydrogens is 158 g/mol. The summed E-state index contributed by atoms with van der Waals surface area (Å²) in [5.74, 6) is -3.78. The van der Waals surface area contributed by atoms with Gasteiger partial charge in [-0.05, 0) is 0 Å². The number of hydrogen-bond acceptors (Lipinski definition) is 4. The molecule has 0 heterocycles. The molecule has 6 heteroatoms. The molecule has 0 saturated heterocycles. The molecule has 2 N–H and O–H groups in total. The van der Waals surface area contributed by atoms with E-state index in [2.05, 4.69) is 16.2 Å². The molecule has 0 unspecified atom stereocenters. The SMILES string of the molecule is CC(O)(O)C(=O)OCl.[H-].[Na+]. The Kier molecular flexibility index (Phi) is 6.17. The second-order valence-electron chi connectivity index (χ2n) is 1.39. The Morgan fingerprint density at radius 1 is 1.78 bits per heavy atom. The van der Waals surface area contributed by atoms with Gasteiger partial charge < -0.3 is 15.9 Å². The van der Waals surface area contributed by atoms with E-state index in [1.807, 2.05) is 0 Å². The quantitative estimate of drug-likeness (QED) is 0.312. The van der Waals surface area contributed by atoms with Crippen molar-refractivity contribution in [1.29, 1.82) is 0 Å². The van der Waals surface area contributed by atoms with Gasteiger partial charge in [0.05, 0.1) is 0 Å². The average molecular weight is 165 g/mol. The molecule has 0 aliphatic heterocycles. The zero-order chi connectivity index (χ0) is 6.78. The Hall–Kier alpha value is 0.680. The summed E-state index contributed by atoms with van der Waals surface area (Å²) in [6.07, 6.45) is 0. The van der Waals surface area contributed by atoms with Crippen molar-refractivity contribution in [1.82, 2.24) is 0 Å². The van der Waals surface area contributed by atoms with Crippen molar-refractivity contribution >= 4 is 17.8 Å². The first-order chi connectivity index (χ1) is 3.48. The van der Waals surface area contributed by atoms with Gasteiger partial charge in [-0.3, -0.25) is 0 Å². The van der Waals surface area contributed by atoms with Gasteiger partial charge in [0.15, 0.2) is 0 Å². The number of rotatable bonds is 1. The molecular formula is C3H6ClNaO4. The minimum absolute atomic E-state index is 0. The van der Waals surface area contributed by atoms with E-state index < -0.39 is 11.8 Å². The molecule has 0 aromatic heterocycles. The van der Waals surface area contributed by atoms with Gasteiger partial charge in [-0.25, -0.2) is 4.79 Å². The largest absolute Gasteiger partial charge is 1.00 e. The fourth-order valence-corrected chi connectivity index (χ4v) is 0.219. The molecule has 9 heavy (non-hydrogen) atoms. The molecule has 0 amide bonds. The van der Waals surface area contributed by atoms with Crippen LogP contribution in [0.15, 0.2) is 0 Å². The maximum absolute atomic E-state index is 9.98. The van der Waals surface area contributed by atoms with E-state index in [-0.39, 0.29) is 31.0 Å². The van der Waals surface area contributed by atoms with Crippen LogP contribution in [0.3, 0.4) is 0 Å². The fraction of sp³-hybridized carbons (Fsp3) is 0.667. The fourth-order valence-electron chi connectivity index (χ4n) is 0.0731. The predicted molar refractivity (Wildman–Crippen MR) is 25.9 cm³/mol. The number of carbonyl (C=O) groups is 1. The summed E-state index contributed by atoms with van der Waals surface area (Å²) in [7, 11) is 0. The summed E-state index contributed by atoms with van der Waals surface area (Å²) >= 11 is 4.47. The molecule has 0 rings (SSSR count). The Morgan fingerprint density at radius 3 is 2.11 bits per heavy atom. The van der Waals surface area contributed by atoms with Crippen molar-refractivity contribution in [3.8, 4) is 0 Å². The number of hydrogen-bond donors (Lipinski definition) is 2. The standard InChI is InChI=1S/C3H5ClO4.Na.H/c1-3(6,7)2(5)8-4;;/h6-7H,1H3;;/q;+1;-1. The van der Waals surface area contributed by atoms with E-state index in [1.165, 1.54) is 0 Å². The van der Waals surface area contributed by atoms with Gasteiger partial charge >= 0.3 is 35.5 Å². The minimum atomic E-state index is -2.48. The third kappa shape index (κ3) is 5.14. The zero-order valence-electron chi connectivity index (χ0n) is 6.09. The molecule has 0 bridgehead atoms. The van der Waals surface area contributed by atoms with E-state index in [0.29, 0.717) is 0 Å². The molecule has 0 fully saturated rings. The normalized spacial score (nSPS) is 9.78. The smallest absolute Gasteiger partial charge is 1.00 e. The Morgan fingerprint density at radius 2 is 2.11 bits per heavy atom. The summed E-state index contributed by atoms with van der Waals surface area (Å²) in [4.78, 5) is 9.98. The minimum Gasteiger partial charge on any atom is -1.00 e. The van der Waals surface area contributed by atoms with Crippen LogP contribution in [-0.4, -0.2) is 22.0 Å². The molecule has 50 valence electrons. The van der Waals surface area contributed by atoms with Crippen LogP contribution in [0.4, 0.5) is 0 Å². The van der Waals surface area contributed by atoms with Crippen molar-refractivity contribution in [2.24, 2.45) is 0 Å². The molecule has 0 aliphatic carbocycles. The van der Waals surface area contributed by atoms with E-state index in [4.69, 9.17) is 10.2 Å². The predicted octanol–water partition coefficient (Wildman–Crippen LogP) is -3.50. The van der Waals surface area contributed by atoms with Gasteiger partial charge in [-0.1, -0.05) is 0 Å². The monoisotopic (exact) mass is 164 g/mol. The summed E-state index contributed by atoms with van der Waals surface area (Å²) < 4.78 is 3.45. The summed E-state index contributed by atoms with van der Waals surface area (Å²) in [5.41, 5.74) is 0. The van der Waals surface area contributed by atoms with Gasteiger partial charge in [-0.15, -0.1) is 0 Å². The second-order valence-corrected chi connectivity index (χ2v) is 1.54. The molecule has 0 atom stereocenters. The summed E-state index contributed by atoms with van der Waals surface area (Å²) in [5, 5.41) is 16.6. The first kappa shape index (κ1) is 12.4. The van der Waals surface area contributed by atoms with Crippen LogP contribution >= 0.6 is 11.9 Å². The van der Waals surface area contributed by atoms with Crippen LogP contribution in [0, 0.1) is 0 Å². The molecule has 0 spiro atoms. The van der Waals surface area contributed by atoms with Gasteiger partial charge in [0, 0.05) is 6.92 Å². The topological polar surface area (TPSA) is 66.8 Å². The van der Waals surface area contributed by atoms with Crippen LogP contribution < -0.4 is 29.6 Å². The van der Waals surface area contributed by atoms with Gasteiger partial charge in [0.25, 0.3) is 5.79 Å². The molecule has 0 aliphatic rings. The Balaban J connectivity index is -0.000000245. The van der Waals surface area contributed by atoms with Gasteiger partial charge in [0.1, 0.15) is 11.9 Å². The van der Waals surface area contributed by atoms with Crippen LogP contribution in [-0.2, 0) is 9.08 Å². The second kappa shape index (κ2) is 4.49. The molecule has 0 saturated carbocycles. The van der Waals surface area contributed by atoms with E-state index in [1.54, 1.807) is 0 Å². The average Bonchev–Trinajstić information content (AvgIpc) is 1.62. The van der Waals surface area contributed by atoms with Crippen LogP contribution in [0.5, 0.6) is 0 Å². The van der Waals surface area contributed by atoms with Crippen molar-refractivity contribution in [3.05, 3.63) is 0 Å². The van der Waals surface area contributed by atoms with Crippen molar-refractivity contribution in [3.63, 3.8) is 0 Å².